The highest BCUT2D eigenvalue weighted by Gasteiger charge is 2.12. The van der Waals surface area contributed by atoms with Crippen LogP contribution in [0.15, 0.2) is 33.8 Å². The van der Waals surface area contributed by atoms with Gasteiger partial charge >= 0.3 is 0 Å². The maximum Gasteiger partial charge on any atom is 0.154 e. The van der Waals surface area contributed by atoms with Crippen molar-refractivity contribution in [3.63, 3.8) is 0 Å². The van der Waals surface area contributed by atoms with Gasteiger partial charge < -0.3 is 16.0 Å². The highest BCUT2D eigenvalue weighted by Crippen LogP contribution is 2.24. The van der Waals surface area contributed by atoms with Gasteiger partial charge in [-0.05, 0) is 13.0 Å². The van der Waals surface area contributed by atoms with Crippen molar-refractivity contribution >= 4 is 16.8 Å². The molecule has 4 heteroatoms. The van der Waals surface area contributed by atoms with Crippen LogP contribution in [0.4, 0.5) is 0 Å². The van der Waals surface area contributed by atoms with Crippen LogP contribution in [0.5, 0.6) is 0 Å². The Morgan fingerprint density at radius 3 is 2.79 bits per heavy atom. The summed E-state index contributed by atoms with van der Waals surface area (Å²) in [4.78, 5) is 0. The second-order valence-electron chi connectivity index (χ2n) is 3.04. The third-order valence-corrected chi connectivity index (χ3v) is 2.17. The SMILES string of the molecule is Cc1oc2ccccc2c1/C(N)=N/N. The molecule has 1 aromatic heterocycles. The summed E-state index contributed by atoms with van der Waals surface area (Å²) >= 11 is 0. The molecule has 2 rings (SSSR count). The molecule has 0 fully saturated rings. The molecule has 14 heavy (non-hydrogen) atoms. The summed E-state index contributed by atoms with van der Waals surface area (Å²) in [6.07, 6.45) is 0. The van der Waals surface area contributed by atoms with Crippen molar-refractivity contribution < 1.29 is 4.42 Å². The number of rotatable bonds is 1. The van der Waals surface area contributed by atoms with E-state index in [1.54, 1.807) is 0 Å². The van der Waals surface area contributed by atoms with Crippen molar-refractivity contribution in [2.24, 2.45) is 16.7 Å². The molecular weight excluding hydrogens is 178 g/mol. The predicted octanol–water partition coefficient (Wildman–Crippen LogP) is 1.32. The van der Waals surface area contributed by atoms with Gasteiger partial charge in [0, 0.05) is 5.39 Å². The maximum atomic E-state index is 5.67. The Kier molecular flexibility index (Phi) is 1.89. The van der Waals surface area contributed by atoms with Gasteiger partial charge in [-0.15, -0.1) is 0 Å². The zero-order chi connectivity index (χ0) is 10.1. The van der Waals surface area contributed by atoms with Crippen molar-refractivity contribution in [2.45, 2.75) is 6.92 Å². The summed E-state index contributed by atoms with van der Waals surface area (Å²) in [6.45, 7) is 1.84. The number of aryl methyl sites for hydroxylation is 1. The molecule has 4 N–H and O–H groups in total. The number of nitrogens with two attached hydrogens (primary N) is 2. The van der Waals surface area contributed by atoms with Crippen molar-refractivity contribution in [1.82, 2.24) is 0 Å². The summed E-state index contributed by atoms with van der Waals surface area (Å²) in [5.41, 5.74) is 7.25. The number of hydrazone groups is 1. The lowest BCUT2D eigenvalue weighted by Crippen LogP contribution is -2.15. The first-order chi connectivity index (χ1) is 6.74. The summed E-state index contributed by atoms with van der Waals surface area (Å²) < 4.78 is 5.51. The monoisotopic (exact) mass is 189 g/mol. The van der Waals surface area contributed by atoms with Gasteiger partial charge in [-0.2, -0.15) is 5.10 Å². The van der Waals surface area contributed by atoms with E-state index in [1.807, 2.05) is 31.2 Å². The molecule has 0 unspecified atom stereocenters. The van der Waals surface area contributed by atoms with Crippen LogP contribution < -0.4 is 11.6 Å². The van der Waals surface area contributed by atoms with Crippen molar-refractivity contribution in [3.8, 4) is 0 Å². The van der Waals surface area contributed by atoms with Crippen LogP contribution in [-0.4, -0.2) is 5.84 Å². The van der Waals surface area contributed by atoms with Gasteiger partial charge in [0.25, 0.3) is 0 Å². The van der Waals surface area contributed by atoms with Crippen molar-refractivity contribution in [3.05, 3.63) is 35.6 Å². The van der Waals surface area contributed by atoms with Crippen LogP contribution >= 0.6 is 0 Å². The molecular formula is C10H11N3O. The lowest BCUT2D eigenvalue weighted by Gasteiger charge is -1.96. The van der Waals surface area contributed by atoms with E-state index in [0.29, 0.717) is 5.84 Å². The fourth-order valence-electron chi connectivity index (χ4n) is 1.55. The summed E-state index contributed by atoms with van der Waals surface area (Å²) in [7, 11) is 0. The van der Waals surface area contributed by atoms with Gasteiger partial charge in [0.05, 0.1) is 5.56 Å². The zero-order valence-electron chi connectivity index (χ0n) is 7.82. The molecule has 0 aliphatic rings. The van der Waals surface area contributed by atoms with Crippen LogP contribution in [0.25, 0.3) is 11.0 Å². The summed E-state index contributed by atoms with van der Waals surface area (Å²) in [5, 5.41) is 4.42. The molecule has 0 aliphatic carbocycles. The first kappa shape index (κ1) is 8.62. The van der Waals surface area contributed by atoms with E-state index >= 15 is 0 Å². The lowest BCUT2D eigenvalue weighted by molar-refractivity contribution is 0.577. The number of amidine groups is 1. The van der Waals surface area contributed by atoms with E-state index in [9.17, 15) is 0 Å². The molecule has 1 aromatic carbocycles. The van der Waals surface area contributed by atoms with Gasteiger partial charge in [0.2, 0.25) is 0 Å². The van der Waals surface area contributed by atoms with Crippen LogP contribution in [-0.2, 0) is 0 Å². The minimum absolute atomic E-state index is 0.299. The topological polar surface area (TPSA) is 77.5 Å². The molecule has 0 radical (unpaired) electrons. The fraction of sp³-hybridized carbons (Fsp3) is 0.100. The van der Waals surface area contributed by atoms with Crippen LogP contribution in [0.1, 0.15) is 11.3 Å². The quantitative estimate of drug-likeness (QED) is 0.307. The molecule has 72 valence electrons. The molecule has 0 bridgehead atoms. The van der Waals surface area contributed by atoms with Crippen molar-refractivity contribution in [2.75, 3.05) is 0 Å². The molecule has 0 atom stereocenters. The summed E-state index contributed by atoms with van der Waals surface area (Å²) in [5.74, 6) is 6.18. The molecule has 0 saturated heterocycles. The number of fused-ring (bicyclic) bond motifs is 1. The molecule has 2 aromatic rings. The average Bonchev–Trinajstić information content (AvgIpc) is 2.53. The van der Waals surface area contributed by atoms with Gasteiger partial charge in [0.15, 0.2) is 5.84 Å². The molecule has 0 spiro atoms. The Morgan fingerprint density at radius 1 is 1.36 bits per heavy atom. The third-order valence-electron chi connectivity index (χ3n) is 2.17. The number of furan rings is 1. The Bertz CT molecular complexity index is 499. The van der Waals surface area contributed by atoms with E-state index in [4.69, 9.17) is 16.0 Å². The third kappa shape index (κ3) is 1.12. The van der Waals surface area contributed by atoms with E-state index in [2.05, 4.69) is 5.10 Å². The second-order valence-corrected chi connectivity index (χ2v) is 3.04. The van der Waals surface area contributed by atoms with Gasteiger partial charge in [-0.3, -0.25) is 0 Å². The average molecular weight is 189 g/mol. The Balaban J connectivity index is 2.81. The second kappa shape index (κ2) is 3.06. The number of nitrogens with zero attached hydrogens (tertiary/aromatic N) is 1. The Morgan fingerprint density at radius 2 is 2.07 bits per heavy atom. The maximum absolute atomic E-state index is 5.67. The predicted molar refractivity (Wildman–Crippen MR) is 55.9 cm³/mol. The molecule has 4 nitrogen and oxygen atoms in total. The highest BCUT2D eigenvalue weighted by molar-refractivity contribution is 6.09. The minimum atomic E-state index is 0.299. The zero-order valence-corrected chi connectivity index (χ0v) is 7.82. The number of hydrogen-bond donors (Lipinski definition) is 2. The minimum Gasteiger partial charge on any atom is -0.461 e. The standard InChI is InChI=1S/C10H11N3O/c1-6-9(10(11)13-12)7-4-2-3-5-8(7)14-6/h2-5H,12H2,1H3,(H2,11,13). The van der Waals surface area contributed by atoms with Crippen LogP contribution in [0, 0.1) is 6.92 Å². The lowest BCUT2D eigenvalue weighted by atomic mass is 10.1. The molecule has 0 saturated carbocycles. The van der Waals surface area contributed by atoms with E-state index in [1.165, 1.54) is 0 Å². The largest absolute Gasteiger partial charge is 0.461 e. The van der Waals surface area contributed by atoms with Crippen molar-refractivity contribution in [1.29, 1.82) is 0 Å². The number of para-hydroxylation sites is 1. The van der Waals surface area contributed by atoms with E-state index in [-0.39, 0.29) is 0 Å². The van der Waals surface area contributed by atoms with E-state index < -0.39 is 0 Å². The van der Waals surface area contributed by atoms with Gasteiger partial charge in [-0.25, -0.2) is 0 Å². The van der Waals surface area contributed by atoms with Crippen LogP contribution in [0.2, 0.25) is 0 Å². The molecule has 0 amide bonds. The van der Waals surface area contributed by atoms with Gasteiger partial charge in [0.1, 0.15) is 11.3 Å². The fourth-order valence-corrected chi connectivity index (χ4v) is 1.55. The first-order valence-electron chi connectivity index (χ1n) is 4.26. The normalized spacial score (nSPS) is 12.2. The van der Waals surface area contributed by atoms with Crippen LogP contribution in [0.3, 0.4) is 0 Å². The highest BCUT2D eigenvalue weighted by atomic mass is 16.3. The first-order valence-corrected chi connectivity index (χ1v) is 4.26. The summed E-state index contributed by atoms with van der Waals surface area (Å²) in [6, 6.07) is 7.64. The number of hydrogen-bond acceptors (Lipinski definition) is 3. The molecule has 1 heterocycles. The Hall–Kier alpha value is -1.97. The smallest absolute Gasteiger partial charge is 0.154 e. The number of benzene rings is 1. The van der Waals surface area contributed by atoms with E-state index in [0.717, 1.165) is 22.3 Å². The molecule has 0 aliphatic heterocycles. The Labute approximate surface area is 81.2 Å². The van der Waals surface area contributed by atoms with Gasteiger partial charge in [-0.1, -0.05) is 18.2 Å².